The van der Waals surface area contributed by atoms with Crippen molar-refractivity contribution in [3.63, 3.8) is 0 Å². The minimum atomic E-state index is 0.0273. The summed E-state index contributed by atoms with van der Waals surface area (Å²) in [5.74, 6) is 1.15. The highest BCUT2D eigenvalue weighted by atomic mass is 35.5. The van der Waals surface area contributed by atoms with Crippen molar-refractivity contribution in [2.24, 2.45) is 7.05 Å². The Hall–Kier alpha value is -2.34. The summed E-state index contributed by atoms with van der Waals surface area (Å²) in [7, 11) is 1.83. The van der Waals surface area contributed by atoms with E-state index in [-0.39, 0.29) is 11.6 Å². The largest absolute Gasteiger partial charge is 0.507 e. The Morgan fingerprint density at radius 3 is 2.95 bits per heavy atom. The zero-order valence-corrected chi connectivity index (χ0v) is 10.7. The van der Waals surface area contributed by atoms with Crippen molar-refractivity contribution in [2.75, 3.05) is 0 Å². The van der Waals surface area contributed by atoms with Crippen molar-refractivity contribution >= 4 is 11.6 Å². The third-order valence-corrected chi connectivity index (χ3v) is 2.87. The first kappa shape index (κ1) is 11.7. The number of benzene rings is 1. The number of aromatic nitrogens is 4. The Balaban J connectivity index is 2.06. The molecule has 0 saturated heterocycles. The molecule has 3 aromatic rings. The molecule has 3 rings (SSSR count). The molecule has 0 spiro atoms. The lowest BCUT2D eigenvalue weighted by Gasteiger charge is -1.99. The number of aromatic hydroxyl groups is 1. The van der Waals surface area contributed by atoms with Crippen LogP contribution in [0.4, 0.5) is 0 Å². The van der Waals surface area contributed by atoms with E-state index >= 15 is 0 Å². The summed E-state index contributed by atoms with van der Waals surface area (Å²) >= 11 is 5.88. The molecule has 0 radical (unpaired) electrons. The Morgan fingerprint density at radius 1 is 1.37 bits per heavy atom. The van der Waals surface area contributed by atoms with E-state index in [0.717, 1.165) is 0 Å². The third kappa shape index (κ3) is 2.06. The maximum Gasteiger partial charge on any atom is 0.262 e. The Kier molecular flexibility index (Phi) is 2.72. The van der Waals surface area contributed by atoms with Gasteiger partial charge in [-0.25, -0.2) is 4.98 Å². The average Bonchev–Trinajstić information content (AvgIpc) is 3.00. The maximum absolute atomic E-state index is 9.78. The molecule has 7 heteroatoms. The van der Waals surface area contributed by atoms with Gasteiger partial charge in [-0.3, -0.25) is 0 Å². The summed E-state index contributed by atoms with van der Waals surface area (Å²) in [6.07, 6.45) is 3.42. The lowest BCUT2D eigenvalue weighted by atomic mass is 10.2. The molecule has 0 bridgehead atoms. The van der Waals surface area contributed by atoms with E-state index in [2.05, 4.69) is 15.1 Å². The fourth-order valence-corrected chi connectivity index (χ4v) is 1.86. The Bertz CT molecular complexity index is 735. The van der Waals surface area contributed by atoms with Gasteiger partial charge in [0.05, 0.1) is 5.56 Å². The first-order valence-electron chi connectivity index (χ1n) is 5.45. The molecule has 1 aromatic carbocycles. The number of phenols is 1. The van der Waals surface area contributed by atoms with Crippen molar-refractivity contribution in [1.29, 1.82) is 0 Å². The third-order valence-electron chi connectivity index (χ3n) is 2.64. The van der Waals surface area contributed by atoms with Crippen LogP contribution in [0.15, 0.2) is 35.1 Å². The minimum Gasteiger partial charge on any atom is -0.507 e. The van der Waals surface area contributed by atoms with Crippen molar-refractivity contribution in [1.82, 2.24) is 19.7 Å². The molecule has 96 valence electrons. The predicted molar refractivity (Wildman–Crippen MR) is 68.6 cm³/mol. The van der Waals surface area contributed by atoms with Crippen LogP contribution in [-0.2, 0) is 7.05 Å². The fourth-order valence-electron chi connectivity index (χ4n) is 1.68. The summed E-state index contributed by atoms with van der Waals surface area (Å²) in [4.78, 5) is 8.33. The monoisotopic (exact) mass is 276 g/mol. The zero-order valence-electron chi connectivity index (χ0n) is 9.91. The van der Waals surface area contributed by atoms with Gasteiger partial charge < -0.3 is 14.2 Å². The summed E-state index contributed by atoms with van der Waals surface area (Å²) in [5, 5.41) is 14.1. The van der Waals surface area contributed by atoms with Crippen molar-refractivity contribution in [3.8, 4) is 28.9 Å². The van der Waals surface area contributed by atoms with E-state index in [0.29, 0.717) is 22.2 Å². The molecule has 0 aliphatic heterocycles. The van der Waals surface area contributed by atoms with Crippen LogP contribution in [0.1, 0.15) is 0 Å². The number of rotatable bonds is 2. The molecule has 0 atom stereocenters. The van der Waals surface area contributed by atoms with E-state index < -0.39 is 0 Å². The van der Waals surface area contributed by atoms with Gasteiger partial charge in [0.25, 0.3) is 5.89 Å². The van der Waals surface area contributed by atoms with Crippen molar-refractivity contribution in [2.45, 2.75) is 0 Å². The molecular formula is C12H9ClN4O2. The van der Waals surface area contributed by atoms with E-state index in [1.807, 2.05) is 7.05 Å². The van der Waals surface area contributed by atoms with Crippen LogP contribution in [0.2, 0.25) is 5.02 Å². The quantitative estimate of drug-likeness (QED) is 0.778. The van der Waals surface area contributed by atoms with Crippen LogP contribution in [0, 0.1) is 0 Å². The first-order valence-corrected chi connectivity index (χ1v) is 5.83. The number of phenolic OH excluding ortho intramolecular Hbond substituents is 1. The molecule has 0 aliphatic rings. The normalized spacial score (nSPS) is 10.8. The van der Waals surface area contributed by atoms with Gasteiger partial charge in [0, 0.05) is 24.5 Å². The van der Waals surface area contributed by atoms with Crippen LogP contribution in [0.25, 0.3) is 23.1 Å². The van der Waals surface area contributed by atoms with Gasteiger partial charge in [0.15, 0.2) is 5.82 Å². The van der Waals surface area contributed by atoms with E-state index in [9.17, 15) is 5.11 Å². The van der Waals surface area contributed by atoms with Crippen LogP contribution in [-0.4, -0.2) is 24.8 Å². The molecule has 0 fully saturated rings. The topological polar surface area (TPSA) is 77.0 Å². The van der Waals surface area contributed by atoms with Crippen LogP contribution >= 0.6 is 11.6 Å². The van der Waals surface area contributed by atoms with Crippen molar-refractivity contribution in [3.05, 3.63) is 35.6 Å². The average molecular weight is 277 g/mol. The van der Waals surface area contributed by atoms with Crippen molar-refractivity contribution < 1.29 is 9.63 Å². The summed E-state index contributed by atoms with van der Waals surface area (Å²) in [5.41, 5.74) is 0.389. The lowest BCUT2D eigenvalue weighted by molar-refractivity contribution is 0.425. The highest BCUT2D eigenvalue weighted by Gasteiger charge is 2.16. The molecule has 0 amide bonds. The van der Waals surface area contributed by atoms with Crippen LogP contribution < -0.4 is 0 Å². The Labute approximate surface area is 113 Å². The molecule has 0 saturated carbocycles. The van der Waals surface area contributed by atoms with E-state index in [1.165, 1.54) is 6.07 Å². The summed E-state index contributed by atoms with van der Waals surface area (Å²) in [6.45, 7) is 0. The second kappa shape index (κ2) is 4.40. The molecule has 2 aromatic heterocycles. The number of hydrogen-bond acceptors (Lipinski definition) is 5. The number of aryl methyl sites for hydroxylation is 1. The van der Waals surface area contributed by atoms with Gasteiger partial charge >= 0.3 is 0 Å². The van der Waals surface area contributed by atoms with Gasteiger partial charge in [-0.2, -0.15) is 4.98 Å². The molecule has 6 nitrogen and oxygen atoms in total. The molecule has 2 heterocycles. The second-order valence-corrected chi connectivity index (χ2v) is 4.38. The molecule has 1 N–H and O–H groups in total. The number of hydrogen-bond donors (Lipinski definition) is 1. The predicted octanol–water partition coefficient (Wildman–Crippen LogP) is 2.50. The van der Waals surface area contributed by atoms with Gasteiger partial charge in [0.1, 0.15) is 5.75 Å². The van der Waals surface area contributed by atoms with Gasteiger partial charge in [-0.15, -0.1) is 0 Å². The van der Waals surface area contributed by atoms with Crippen LogP contribution in [0.5, 0.6) is 5.75 Å². The number of imidazole rings is 1. The number of nitrogens with zero attached hydrogens (tertiary/aromatic N) is 4. The zero-order chi connectivity index (χ0) is 13.4. The molecule has 0 unspecified atom stereocenters. The molecule has 0 aliphatic carbocycles. The van der Waals surface area contributed by atoms with Crippen LogP contribution in [0.3, 0.4) is 0 Å². The molecular weight excluding hydrogens is 268 g/mol. The number of halogens is 1. The molecule has 19 heavy (non-hydrogen) atoms. The minimum absolute atomic E-state index is 0.0273. The lowest BCUT2D eigenvalue weighted by Crippen LogP contribution is -1.92. The van der Waals surface area contributed by atoms with E-state index in [4.69, 9.17) is 16.1 Å². The van der Waals surface area contributed by atoms with E-state index in [1.54, 1.807) is 29.1 Å². The van der Waals surface area contributed by atoms with Gasteiger partial charge in [-0.1, -0.05) is 16.8 Å². The van der Waals surface area contributed by atoms with Gasteiger partial charge in [-0.05, 0) is 18.2 Å². The second-order valence-electron chi connectivity index (χ2n) is 3.95. The highest BCUT2D eigenvalue weighted by molar-refractivity contribution is 6.30. The maximum atomic E-state index is 9.78. The van der Waals surface area contributed by atoms with Gasteiger partial charge in [0.2, 0.25) is 5.82 Å². The summed E-state index contributed by atoms with van der Waals surface area (Å²) < 4.78 is 6.90. The first-order chi connectivity index (χ1) is 9.15. The SMILES string of the molecule is Cn1ccnc1-c1noc(-c2cc(Cl)ccc2O)n1. The smallest absolute Gasteiger partial charge is 0.262 e. The fraction of sp³-hybridized carbons (Fsp3) is 0.0833. The standard InChI is InChI=1S/C12H9ClN4O2/c1-17-5-4-14-11(17)10-15-12(19-16-10)8-6-7(13)2-3-9(8)18/h2-6,18H,1H3. The summed E-state index contributed by atoms with van der Waals surface area (Å²) in [6, 6.07) is 4.62. The highest BCUT2D eigenvalue weighted by Crippen LogP contribution is 2.31. The Morgan fingerprint density at radius 2 is 2.21 bits per heavy atom.